The Morgan fingerprint density at radius 2 is 1.43 bits per heavy atom. The van der Waals surface area contributed by atoms with Gasteiger partial charge >= 0.3 is 0 Å². The number of hydrogen-bond donors (Lipinski definition) is 0. The smallest absolute Gasteiger partial charge is 0.0235 e. The number of rotatable bonds is 3. The second-order valence-electron chi connectivity index (χ2n) is 6.50. The summed E-state index contributed by atoms with van der Waals surface area (Å²) in [7, 11) is 0. The molecule has 0 aromatic rings. The van der Waals surface area contributed by atoms with Gasteiger partial charge in [-0.05, 0) is 47.3 Å². The minimum atomic E-state index is 0.648. The van der Waals surface area contributed by atoms with E-state index in [1.165, 1.54) is 12.8 Å². The summed E-state index contributed by atoms with van der Waals surface area (Å²) < 4.78 is 0. The second-order valence-corrected chi connectivity index (χ2v) is 6.50. The Morgan fingerprint density at radius 1 is 0.929 bits per heavy atom. The van der Waals surface area contributed by atoms with Crippen LogP contribution >= 0.6 is 0 Å². The normalized spacial score (nSPS) is 61.3. The summed E-state index contributed by atoms with van der Waals surface area (Å²) >= 11 is 0. The molecule has 82 valence electrons. The van der Waals surface area contributed by atoms with Crippen LogP contribution in [0.15, 0.2) is 0 Å². The molecule has 0 nitrogen and oxygen atoms in total. The topological polar surface area (TPSA) is 0 Å². The first-order valence-electron chi connectivity index (χ1n) is 6.38. The lowest BCUT2D eigenvalue weighted by Gasteiger charge is -2.16. The standard InChI is InChI=1S/C14H26/c1-7-13(5)11(4)14(13,6)8-12-9(2)10(12)3/h9-12H,7-8H2,1-6H3. The van der Waals surface area contributed by atoms with Gasteiger partial charge in [-0.2, -0.15) is 0 Å². The Kier molecular flexibility index (Phi) is 2.08. The first kappa shape index (κ1) is 10.5. The van der Waals surface area contributed by atoms with Gasteiger partial charge in [-0.15, -0.1) is 0 Å². The van der Waals surface area contributed by atoms with Crippen LogP contribution in [0.25, 0.3) is 0 Å². The molecule has 2 rings (SSSR count). The van der Waals surface area contributed by atoms with E-state index in [1.54, 1.807) is 0 Å². The van der Waals surface area contributed by atoms with E-state index in [1.807, 2.05) is 0 Å². The molecular weight excluding hydrogens is 168 g/mol. The lowest BCUT2D eigenvalue weighted by molar-refractivity contribution is 0.330. The van der Waals surface area contributed by atoms with Crippen molar-refractivity contribution in [2.45, 2.75) is 54.4 Å². The van der Waals surface area contributed by atoms with E-state index < -0.39 is 0 Å². The van der Waals surface area contributed by atoms with Gasteiger partial charge in [0.2, 0.25) is 0 Å². The van der Waals surface area contributed by atoms with Gasteiger partial charge in [0.1, 0.15) is 0 Å². The van der Waals surface area contributed by atoms with E-state index in [0.717, 1.165) is 23.7 Å². The van der Waals surface area contributed by atoms with Crippen molar-refractivity contribution in [2.75, 3.05) is 0 Å². The molecule has 14 heavy (non-hydrogen) atoms. The van der Waals surface area contributed by atoms with Gasteiger partial charge in [0.05, 0.1) is 0 Å². The Bertz CT molecular complexity index is 236. The number of hydrogen-bond acceptors (Lipinski definition) is 0. The van der Waals surface area contributed by atoms with Gasteiger partial charge in [-0.3, -0.25) is 0 Å². The molecule has 2 aliphatic rings. The van der Waals surface area contributed by atoms with E-state index >= 15 is 0 Å². The molecular formula is C14H26. The van der Waals surface area contributed by atoms with Crippen molar-refractivity contribution >= 4 is 0 Å². The first-order valence-corrected chi connectivity index (χ1v) is 6.38. The third kappa shape index (κ3) is 1.06. The highest BCUT2D eigenvalue weighted by atomic mass is 14.7. The van der Waals surface area contributed by atoms with Crippen LogP contribution in [0.1, 0.15) is 54.4 Å². The average molecular weight is 194 g/mol. The fourth-order valence-electron chi connectivity index (χ4n) is 3.99. The molecule has 2 aliphatic carbocycles. The van der Waals surface area contributed by atoms with Gasteiger partial charge in [-0.25, -0.2) is 0 Å². The van der Waals surface area contributed by atoms with Crippen molar-refractivity contribution in [3.8, 4) is 0 Å². The summed E-state index contributed by atoms with van der Waals surface area (Å²) in [5, 5.41) is 0. The molecule has 0 heteroatoms. The molecule has 0 bridgehead atoms. The van der Waals surface area contributed by atoms with Crippen LogP contribution in [-0.2, 0) is 0 Å². The molecule has 0 aromatic carbocycles. The summed E-state index contributed by atoms with van der Waals surface area (Å²) in [5.41, 5.74) is 1.31. The molecule has 0 aliphatic heterocycles. The summed E-state index contributed by atoms with van der Waals surface area (Å²) in [4.78, 5) is 0. The fourth-order valence-corrected chi connectivity index (χ4v) is 3.99. The van der Waals surface area contributed by atoms with Crippen molar-refractivity contribution in [3.63, 3.8) is 0 Å². The Hall–Kier alpha value is 0. The molecule has 0 radical (unpaired) electrons. The summed E-state index contributed by atoms with van der Waals surface area (Å²) in [6.07, 6.45) is 2.85. The maximum Gasteiger partial charge on any atom is -0.0235 e. The molecule has 0 aromatic heterocycles. The minimum absolute atomic E-state index is 0.648. The van der Waals surface area contributed by atoms with Crippen molar-refractivity contribution in [1.29, 1.82) is 0 Å². The van der Waals surface area contributed by atoms with Crippen LogP contribution in [0.3, 0.4) is 0 Å². The van der Waals surface area contributed by atoms with Gasteiger partial charge in [-0.1, -0.05) is 41.5 Å². The van der Waals surface area contributed by atoms with E-state index in [9.17, 15) is 0 Å². The maximum atomic E-state index is 2.53. The van der Waals surface area contributed by atoms with E-state index in [2.05, 4.69) is 41.5 Å². The van der Waals surface area contributed by atoms with Crippen LogP contribution in [0.4, 0.5) is 0 Å². The van der Waals surface area contributed by atoms with Gasteiger partial charge in [0.25, 0.3) is 0 Å². The highest BCUT2D eigenvalue weighted by Crippen LogP contribution is 2.75. The molecule has 0 N–H and O–H groups in total. The predicted octanol–water partition coefficient (Wildman–Crippen LogP) is 4.35. The zero-order valence-corrected chi connectivity index (χ0v) is 10.7. The highest BCUT2D eigenvalue weighted by Gasteiger charge is 2.68. The summed E-state index contributed by atoms with van der Waals surface area (Å²) in [6, 6.07) is 0. The fraction of sp³-hybridized carbons (Fsp3) is 1.00. The Morgan fingerprint density at radius 3 is 1.71 bits per heavy atom. The van der Waals surface area contributed by atoms with Gasteiger partial charge < -0.3 is 0 Å². The SMILES string of the molecule is CCC1(C)C(C)C1(C)CC1C(C)C1C. The maximum absolute atomic E-state index is 2.53. The average Bonchev–Trinajstić information content (AvgIpc) is 2.86. The van der Waals surface area contributed by atoms with Crippen LogP contribution in [0, 0.1) is 34.5 Å². The van der Waals surface area contributed by atoms with Crippen LogP contribution in [-0.4, -0.2) is 0 Å². The molecule has 0 saturated heterocycles. The molecule has 2 fully saturated rings. The van der Waals surface area contributed by atoms with Crippen molar-refractivity contribution in [2.24, 2.45) is 34.5 Å². The van der Waals surface area contributed by atoms with Gasteiger partial charge in [0, 0.05) is 0 Å². The van der Waals surface area contributed by atoms with Crippen molar-refractivity contribution < 1.29 is 0 Å². The van der Waals surface area contributed by atoms with Crippen LogP contribution < -0.4 is 0 Å². The third-order valence-corrected chi connectivity index (χ3v) is 6.57. The van der Waals surface area contributed by atoms with Crippen molar-refractivity contribution in [3.05, 3.63) is 0 Å². The minimum Gasteiger partial charge on any atom is -0.0648 e. The predicted molar refractivity (Wildman–Crippen MR) is 62.1 cm³/mol. The quantitative estimate of drug-likeness (QED) is 0.626. The van der Waals surface area contributed by atoms with E-state index in [0.29, 0.717) is 10.8 Å². The zero-order chi connectivity index (χ0) is 10.7. The van der Waals surface area contributed by atoms with Gasteiger partial charge in [0.15, 0.2) is 0 Å². The molecule has 5 atom stereocenters. The molecule has 0 heterocycles. The second kappa shape index (κ2) is 2.77. The lowest BCUT2D eigenvalue weighted by Crippen LogP contribution is -2.08. The zero-order valence-electron chi connectivity index (χ0n) is 10.7. The monoisotopic (exact) mass is 194 g/mol. The lowest BCUT2D eigenvalue weighted by atomic mass is 9.88. The van der Waals surface area contributed by atoms with Crippen LogP contribution in [0.5, 0.6) is 0 Å². The Labute approximate surface area is 89.5 Å². The van der Waals surface area contributed by atoms with Crippen molar-refractivity contribution in [1.82, 2.24) is 0 Å². The van der Waals surface area contributed by atoms with Crippen LogP contribution in [0.2, 0.25) is 0 Å². The van der Waals surface area contributed by atoms with E-state index in [4.69, 9.17) is 0 Å². The first-order chi connectivity index (χ1) is 6.38. The summed E-state index contributed by atoms with van der Waals surface area (Å²) in [5.74, 6) is 3.98. The van der Waals surface area contributed by atoms with E-state index in [-0.39, 0.29) is 0 Å². The Balaban J connectivity index is 2.00. The highest BCUT2D eigenvalue weighted by molar-refractivity contribution is 5.16. The molecule has 2 saturated carbocycles. The summed E-state index contributed by atoms with van der Waals surface area (Å²) in [6.45, 7) is 14.7. The largest absolute Gasteiger partial charge is 0.0648 e. The molecule has 5 unspecified atom stereocenters. The molecule has 0 spiro atoms. The molecule has 0 amide bonds. The third-order valence-electron chi connectivity index (χ3n) is 6.57.